The molecule has 0 radical (unpaired) electrons. The highest BCUT2D eigenvalue weighted by atomic mass is 35.5. The second kappa shape index (κ2) is 8.42. The first-order chi connectivity index (χ1) is 11.1. The van der Waals surface area contributed by atoms with Crippen LogP contribution >= 0.6 is 23.2 Å². The molecule has 0 aromatic heterocycles. The molecule has 1 aromatic carbocycles. The largest absolute Gasteiger partial charge is 0.380 e. The topological polar surface area (TPSA) is 39.1 Å². The lowest BCUT2D eigenvalue weighted by atomic mass is 10.1. The summed E-state index contributed by atoms with van der Waals surface area (Å²) in [5.74, 6) is 0.531. The Kier molecular flexibility index (Phi) is 6.55. The van der Waals surface area contributed by atoms with Gasteiger partial charge in [-0.15, -0.1) is 0 Å². The Bertz CT molecular complexity index is 631. The molecule has 0 amide bonds. The third-order valence-electron chi connectivity index (χ3n) is 4.02. The first-order valence-electron chi connectivity index (χ1n) is 7.98. The lowest BCUT2D eigenvalue weighted by Gasteiger charge is -2.24. The summed E-state index contributed by atoms with van der Waals surface area (Å²) in [6, 6.07) is 7.88. The molecule has 1 aliphatic carbocycles. The number of para-hydroxylation sites is 1. The molecule has 0 saturated heterocycles. The Labute approximate surface area is 148 Å². The number of benzene rings is 1. The molecule has 2 N–H and O–H groups in total. The Morgan fingerprint density at radius 3 is 2.57 bits per heavy atom. The van der Waals surface area contributed by atoms with Gasteiger partial charge in [0.25, 0.3) is 0 Å². The number of amidine groups is 1. The van der Waals surface area contributed by atoms with Crippen LogP contribution in [0.15, 0.2) is 46.0 Å². The van der Waals surface area contributed by atoms with Crippen LogP contribution in [0.1, 0.15) is 32.3 Å². The number of rotatable bonds is 6. The van der Waals surface area contributed by atoms with Crippen molar-refractivity contribution in [2.75, 3.05) is 25.0 Å². The molecule has 0 saturated carbocycles. The molecule has 0 bridgehead atoms. The predicted octanol–water partition coefficient (Wildman–Crippen LogP) is 5.18. The van der Waals surface area contributed by atoms with E-state index >= 15 is 0 Å². The standard InChI is InChI=1S/C18H23Cl2N3/c1-3-23(4-2)18(21)13-8-5-6-11-17(13)22-12-14-15(19)9-7-10-16(14)20/h5-6,8-9,11,21-22H,3-4,7,10,12H2,1-2H3. The Morgan fingerprint density at radius 2 is 1.91 bits per heavy atom. The molecule has 3 nitrogen and oxygen atoms in total. The van der Waals surface area contributed by atoms with Gasteiger partial charge in [0.05, 0.1) is 0 Å². The van der Waals surface area contributed by atoms with Gasteiger partial charge < -0.3 is 10.2 Å². The van der Waals surface area contributed by atoms with E-state index in [2.05, 4.69) is 19.2 Å². The molecule has 1 aliphatic rings. The molecule has 0 spiro atoms. The average Bonchev–Trinajstić information content (AvgIpc) is 2.56. The molecule has 0 fully saturated rings. The van der Waals surface area contributed by atoms with Crippen molar-refractivity contribution in [2.45, 2.75) is 26.7 Å². The van der Waals surface area contributed by atoms with Gasteiger partial charge in [-0.3, -0.25) is 5.41 Å². The maximum Gasteiger partial charge on any atom is 0.130 e. The summed E-state index contributed by atoms with van der Waals surface area (Å²) in [6.45, 7) is 6.32. The molecular weight excluding hydrogens is 329 g/mol. The summed E-state index contributed by atoms with van der Waals surface area (Å²) in [6.07, 6.45) is 3.74. The van der Waals surface area contributed by atoms with Crippen molar-refractivity contribution in [2.24, 2.45) is 0 Å². The molecule has 0 atom stereocenters. The third kappa shape index (κ3) is 4.30. The van der Waals surface area contributed by atoms with Crippen LogP contribution in [0.25, 0.3) is 0 Å². The van der Waals surface area contributed by atoms with Crippen LogP contribution in [-0.4, -0.2) is 30.4 Å². The summed E-state index contributed by atoms with van der Waals surface area (Å²) in [5, 5.41) is 13.4. The van der Waals surface area contributed by atoms with Gasteiger partial charge in [-0.05, 0) is 38.8 Å². The van der Waals surface area contributed by atoms with E-state index in [1.807, 2.05) is 35.2 Å². The van der Waals surface area contributed by atoms with Crippen molar-refractivity contribution in [3.05, 3.63) is 51.5 Å². The van der Waals surface area contributed by atoms with E-state index in [-0.39, 0.29) is 0 Å². The molecule has 2 rings (SSSR count). The zero-order chi connectivity index (χ0) is 16.8. The molecule has 0 aliphatic heterocycles. The van der Waals surface area contributed by atoms with E-state index in [0.29, 0.717) is 12.4 Å². The van der Waals surface area contributed by atoms with Gasteiger partial charge in [-0.25, -0.2) is 0 Å². The zero-order valence-electron chi connectivity index (χ0n) is 13.6. The van der Waals surface area contributed by atoms with Crippen LogP contribution in [0.4, 0.5) is 5.69 Å². The summed E-state index contributed by atoms with van der Waals surface area (Å²) in [5.41, 5.74) is 2.77. The number of nitrogens with one attached hydrogen (secondary N) is 2. The number of halogens is 2. The number of allylic oxidation sites excluding steroid dienone is 2. The smallest absolute Gasteiger partial charge is 0.130 e. The molecule has 23 heavy (non-hydrogen) atoms. The van der Waals surface area contributed by atoms with Gasteiger partial charge in [0.2, 0.25) is 0 Å². The zero-order valence-corrected chi connectivity index (χ0v) is 15.1. The van der Waals surface area contributed by atoms with Crippen molar-refractivity contribution in [1.82, 2.24) is 4.90 Å². The fourth-order valence-electron chi connectivity index (χ4n) is 2.65. The summed E-state index contributed by atoms with van der Waals surface area (Å²) >= 11 is 12.6. The quantitative estimate of drug-likeness (QED) is 0.547. The van der Waals surface area contributed by atoms with Crippen LogP contribution < -0.4 is 5.32 Å². The molecule has 124 valence electrons. The Balaban J connectivity index is 2.18. The maximum absolute atomic E-state index is 8.44. The first-order valence-corrected chi connectivity index (χ1v) is 8.74. The minimum atomic E-state index is 0.531. The minimum Gasteiger partial charge on any atom is -0.380 e. The first kappa shape index (κ1) is 17.9. The van der Waals surface area contributed by atoms with Crippen LogP contribution in [0.2, 0.25) is 0 Å². The van der Waals surface area contributed by atoms with E-state index in [0.717, 1.165) is 52.8 Å². The summed E-state index contributed by atoms with van der Waals surface area (Å²) < 4.78 is 0. The van der Waals surface area contributed by atoms with Crippen molar-refractivity contribution >= 4 is 34.7 Å². The molecule has 0 heterocycles. The van der Waals surface area contributed by atoms with Crippen molar-refractivity contribution in [3.63, 3.8) is 0 Å². The average molecular weight is 352 g/mol. The summed E-state index contributed by atoms with van der Waals surface area (Å²) in [4.78, 5) is 2.03. The van der Waals surface area contributed by atoms with Gasteiger partial charge in [-0.1, -0.05) is 41.4 Å². The molecule has 1 aromatic rings. The van der Waals surface area contributed by atoms with Crippen LogP contribution in [0.3, 0.4) is 0 Å². The second-order valence-electron chi connectivity index (χ2n) is 5.39. The Morgan fingerprint density at radius 1 is 1.22 bits per heavy atom. The van der Waals surface area contributed by atoms with E-state index < -0.39 is 0 Å². The highest BCUT2D eigenvalue weighted by molar-refractivity contribution is 6.36. The fraction of sp³-hybridized carbons (Fsp3) is 0.389. The fourth-order valence-corrected chi connectivity index (χ4v) is 3.26. The van der Waals surface area contributed by atoms with Crippen molar-refractivity contribution in [1.29, 1.82) is 5.41 Å². The number of hydrogen-bond donors (Lipinski definition) is 2. The highest BCUT2D eigenvalue weighted by Crippen LogP contribution is 2.30. The van der Waals surface area contributed by atoms with Crippen molar-refractivity contribution in [3.8, 4) is 0 Å². The lowest BCUT2D eigenvalue weighted by Crippen LogP contribution is -2.31. The second-order valence-corrected chi connectivity index (χ2v) is 6.26. The lowest BCUT2D eigenvalue weighted by molar-refractivity contribution is 0.464. The van der Waals surface area contributed by atoms with E-state index in [4.69, 9.17) is 28.6 Å². The van der Waals surface area contributed by atoms with Gasteiger partial charge >= 0.3 is 0 Å². The number of hydrogen-bond acceptors (Lipinski definition) is 2. The maximum atomic E-state index is 8.44. The van der Waals surface area contributed by atoms with Crippen LogP contribution in [-0.2, 0) is 0 Å². The molecule has 0 unspecified atom stereocenters. The highest BCUT2D eigenvalue weighted by Gasteiger charge is 2.15. The van der Waals surface area contributed by atoms with Gasteiger partial charge in [0, 0.05) is 46.5 Å². The number of anilines is 1. The van der Waals surface area contributed by atoms with E-state index in [9.17, 15) is 0 Å². The number of nitrogens with zero attached hydrogens (tertiary/aromatic N) is 1. The monoisotopic (exact) mass is 351 g/mol. The minimum absolute atomic E-state index is 0.531. The van der Waals surface area contributed by atoms with Gasteiger partial charge in [0.1, 0.15) is 5.84 Å². The van der Waals surface area contributed by atoms with Gasteiger partial charge in [-0.2, -0.15) is 0 Å². The SMILES string of the molecule is CCN(CC)C(=N)c1ccccc1NCC1=C(Cl)CCC=C1Cl. The normalized spacial score (nSPS) is 14.5. The summed E-state index contributed by atoms with van der Waals surface area (Å²) in [7, 11) is 0. The third-order valence-corrected chi connectivity index (χ3v) is 4.82. The van der Waals surface area contributed by atoms with E-state index in [1.165, 1.54) is 0 Å². The van der Waals surface area contributed by atoms with E-state index in [1.54, 1.807) is 0 Å². The molecular formula is C18H23Cl2N3. The van der Waals surface area contributed by atoms with Crippen LogP contribution in [0, 0.1) is 5.41 Å². The van der Waals surface area contributed by atoms with Gasteiger partial charge in [0.15, 0.2) is 0 Å². The van der Waals surface area contributed by atoms with Crippen LogP contribution in [0.5, 0.6) is 0 Å². The molecule has 5 heteroatoms. The van der Waals surface area contributed by atoms with Crippen molar-refractivity contribution < 1.29 is 0 Å². The predicted molar refractivity (Wildman–Crippen MR) is 101 cm³/mol. The Hall–Kier alpha value is -1.45.